The van der Waals surface area contributed by atoms with Crippen LogP contribution in [0.2, 0.25) is 0 Å². The lowest BCUT2D eigenvalue weighted by molar-refractivity contribution is 0.219. The van der Waals surface area contributed by atoms with Crippen molar-refractivity contribution in [1.82, 2.24) is 4.98 Å². The van der Waals surface area contributed by atoms with E-state index in [0.717, 1.165) is 0 Å². The minimum atomic E-state index is -0.776. The molecule has 3 N–H and O–H groups in total. The number of nitrogens with two attached hydrogens (primary N) is 1. The highest BCUT2D eigenvalue weighted by Crippen LogP contribution is 2.24. The molecular formula is C10H10N2O2. The summed E-state index contributed by atoms with van der Waals surface area (Å²) in [5.41, 5.74) is 6.89. The Morgan fingerprint density at radius 3 is 2.93 bits per heavy atom. The molecule has 72 valence electrons. The van der Waals surface area contributed by atoms with Gasteiger partial charge in [-0.05, 0) is 12.1 Å². The maximum atomic E-state index is 9.88. The zero-order valence-electron chi connectivity index (χ0n) is 7.42. The van der Waals surface area contributed by atoms with Gasteiger partial charge in [0.15, 0.2) is 0 Å². The third-order valence-electron chi connectivity index (χ3n) is 2.02. The van der Waals surface area contributed by atoms with E-state index in [0.29, 0.717) is 16.9 Å². The number of rotatable bonds is 2. The second-order valence-electron chi connectivity index (χ2n) is 2.94. The summed E-state index contributed by atoms with van der Waals surface area (Å²) in [5.74, 6) is 0.334. The Labute approximate surface area is 81.0 Å². The van der Waals surface area contributed by atoms with E-state index < -0.39 is 6.10 Å². The Balaban J connectivity index is 2.37. The second-order valence-corrected chi connectivity index (χ2v) is 2.94. The quantitative estimate of drug-likeness (QED) is 0.749. The van der Waals surface area contributed by atoms with Crippen molar-refractivity contribution < 1.29 is 9.52 Å². The van der Waals surface area contributed by atoms with Crippen LogP contribution < -0.4 is 5.73 Å². The predicted molar refractivity (Wildman–Crippen MR) is 51.4 cm³/mol. The van der Waals surface area contributed by atoms with Crippen LogP contribution in [0.25, 0.3) is 0 Å². The number of aliphatic hydroxyl groups excluding tert-OH is 1. The van der Waals surface area contributed by atoms with Crippen LogP contribution in [-0.2, 0) is 0 Å². The SMILES string of the molecule is Nc1ncccc1C(O)c1ccoc1. The first-order valence-electron chi connectivity index (χ1n) is 4.19. The molecule has 0 bridgehead atoms. The van der Waals surface area contributed by atoms with Gasteiger partial charge in [0.1, 0.15) is 11.9 Å². The highest BCUT2D eigenvalue weighted by molar-refractivity contribution is 5.43. The van der Waals surface area contributed by atoms with Crippen LogP contribution in [0, 0.1) is 0 Å². The Bertz CT molecular complexity index is 412. The topological polar surface area (TPSA) is 72.3 Å². The van der Waals surface area contributed by atoms with Crippen molar-refractivity contribution in [3.05, 3.63) is 48.0 Å². The van der Waals surface area contributed by atoms with E-state index in [-0.39, 0.29) is 0 Å². The third-order valence-corrected chi connectivity index (χ3v) is 2.02. The number of hydrogen-bond acceptors (Lipinski definition) is 4. The summed E-state index contributed by atoms with van der Waals surface area (Å²) in [6.07, 6.45) is 3.80. The van der Waals surface area contributed by atoms with Gasteiger partial charge in [-0.15, -0.1) is 0 Å². The van der Waals surface area contributed by atoms with Crippen LogP contribution in [0.5, 0.6) is 0 Å². The van der Waals surface area contributed by atoms with Crippen LogP contribution in [0.4, 0.5) is 5.82 Å². The molecule has 0 radical (unpaired) electrons. The Morgan fingerprint density at radius 1 is 1.43 bits per heavy atom. The number of nitrogen functional groups attached to an aromatic ring is 1. The standard InChI is InChI=1S/C10H10N2O2/c11-10-8(2-1-4-12-10)9(13)7-3-5-14-6-7/h1-6,9,13H,(H2,11,12). The molecular weight excluding hydrogens is 180 g/mol. The Hall–Kier alpha value is -1.81. The van der Waals surface area contributed by atoms with Crippen LogP contribution >= 0.6 is 0 Å². The number of furan rings is 1. The number of pyridine rings is 1. The molecule has 0 spiro atoms. The summed E-state index contributed by atoms with van der Waals surface area (Å²) in [6, 6.07) is 5.16. The van der Waals surface area contributed by atoms with E-state index in [1.807, 2.05) is 0 Å². The lowest BCUT2D eigenvalue weighted by Crippen LogP contribution is -2.04. The number of anilines is 1. The monoisotopic (exact) mass is 190 g/mol. The minimum Gasteiger partial charge on any atom is -0.472 e. The summed E-state index contributed by atoms with van der Waals surface area (Å²) in [7, 11) is 0. The van der Waals surface area contributed by atoms with Crippen molar-refractivity contribution in [1.29, 1.82) is 0 Å². The fourth-order valence-electron chi connectivity index (χ4n) is 1.27. The van der Waals surface area contributed by atoms with Gasteiger partial charge >= 0.3 is 0 Å². The largest absolute Gasteiger partial charge is 0.472 e. The molecule has 2 heterocycles. The number of aliphatic hydroxyl groups is 1. The van der Waals surface area contributed by atoms with Gasteiger partial charge in [0.25, 0.3) is 0 Å². The van der Waals surface area contributed by atoms with Crippen molar-refractivity contribution in [3.63, 3.8) is 0 Å². The predicted octanol–water partition coefficient (Wildman–Crippen LogP) is 1.34. The van der Waals surface area contributed by atoms with Crippen LogP contribution in [-0.4, -0.2) is 10.1 Å². The first-order chi connectivity index (χ1) is 6.79. The van der Waals surface area contributed by atoms with Gasteiger partial charge in [-0.25, -0.2) is 4.98 Å². The van der Waals surface area contributed by atoms with E-state index in [9.17, 15) is 5.11 Å². The van der Waals surface area contributed by atoms with Crippen molar-refractivity contribution in [3.8, 4) is 0 Å². The van der Waals surface area contributed by atoms with Crippen molar-refractivity contribution in [2.45, 2.75) is 6.10 Å². The summed E-state index contributed by atoms with van der Waals surface area (Å²) >= 11 is 0. The highest BCUT2D eigenvalue weighted by Gasteiger charge is 2.14. The number of aromatic nitrogens is 1. The molecule has 2 rings (SSSR count). The average molecular weight is 190 g/mol. The van der Waals surface area contributed by atoms with E-state index in [2.05, 4.69) is 4.98 Å². The molecule has 2 aromatic rings. The van der Waals surface area contributed by atoms with E-state index >= 15 is 0 Å². The molecule has 0 saturated heterocycles. The first kappa shape index (κ1) is 8.77. The molecule has 1 atom stereocenters. The third kappa shape index (κ3) is 1.47. The molecule has 0 aliphatic heterocycles. The second kappa shape index (κ2) is 3.51. The molecule has 0 saturated carbocycles. The smallest absolute Gasteiger partial charge is 0.129 e. The molecule has 0 aliphatic rings. The van der Waals surface area contributed by atoms with Crippen molar-refractivity contribution in [2.75, 3.05) is 5.73 Å². The molecule has 0 aliphatic carbocycles. The molecule has 0 amide bonds. The molecule has 4 nitrogen and oxygen atoms in total. The van der Waals surface area contributed by atoms with Gasteiger partial charge < -0.3 is 15.3 Å². The average Bonchev–Trinajstić information content (AvgIpc) is 2.70. The van der Waals surface area contributed by atoms with E-state index in [4.69, 9.17) is 10.2 Å². The van der Waals surface area contributed by atoms with E-state index in [1.54, 1.807) is 24.4 Å². The fourth-order valence-corrected chi connectivity index (χ4v) is 1.27. The summed E-state index contributed by atoms with van der Waals surface area (Å²) in [5, 5.41) is 9.88. The molecule has 4 heteroatoms. The van der Waals surface area contributed by atoms with Gasteiger partial charge in [0, 0.05) is 17.3 Å². The Morgan fingerprint density at radius 2 is 2.29 bits per heavy atom. The Kier molecular flexibility index (Phi) is 2.20. The molecule has 1 unspecified atom stereocenters. The molecule has 0 aromatic carbocycles. The highest BCUT2D eigenvalue weighted by atomic mass is 16.3. The summed E-state index contributed by atoms with van der Waals surface area (Å²) < 4.78 is 4.88. The molecule has 14 heavy (non-hydrogen) atoms. The summed E-state index contributed by atoms with van der Waals surface area (Å²) in [6.45, 7) is 0. The van der Waals surface area contributed by atoms with Crippen molar-refractivity contribution >= 4 is 5.82 Å². The van der Waals surface area contributed by atoms with Gasteiger partial charge in [-0.1, -0.05) is 6.07 Å². The lowest BCUT2D eigenvalue weighted by Gasteiger charge is -2.09. The first-order valence-corrected chi connectivity index (χ1v) is 4.19. The summed E-state index contributed by atoms with van der Waals surface area (Å²) in [4.78, 5) is 3.90. The van der Waals surface area contributed by atoms with Gasteiger partial charge in [-0.2, -0.15) is 0 Å². The lowest BCUT2D eigenvalue weighted by atomic mass is 10.1. The molecule has 0 fully saturated rings. The molecule has 2 aromatic heterocycles. The fraction of sp³-hybridized carbons (Fsp3) is 0.100. The van der Waals surface area contributed by atoms with Crippen LogP contribution in [0.15, 0.2) is 41.3 Å². The number of hydrogen-bond donors (Lipinski definition) is 2. The maximum Gasteiger partial charge on any atom is 0.129 e. The minimum absolute atomic E-state index is 0.334. The van der Waals surface area contributed by atoms with Crippen molar-refractivity contribution in [2.24, 2.45) is 0 Å². The number of nitrogens with zero attached hydrogens (tertiary/aromatic N) is 1. The zero-order valence-corrected chi connectivity index (χ0v) is 7.42. The zero-order chi connectivity index (χ0) is 9.97. The van der Waals surface area contributed by atoms with Crippen LogP contribution in [0.1, 0.15) is 17.2 Å². The van der Waals surface area contributed by atoms with Crippen LogP contribution in [0.3, 0.4) is 0 Å². The van der Waals surface area contributed by atoms with Gasteiger partial charge in [0.2, 0.25) is 0 Å². The van der Waals surface area contributed by atoms with E-state index in [1.165, 1.54) is 12.5 Å². The van der Waals surface area contributed by atoms with Gasteiger partial charge in [-0.3, -0.25) is 0 Å². The van der Waals surface area contributed by atoms with Gasteiger partial charge in [0.05, 0.1) is 12.5 Å². The normalized spacial score (nSPS) is 12.6. The maximum absolute atomic E-state index is 9.88.